The third kappa shape index (κ3) is 3.82. The summed E-state index contributed by atoms with van der Waals surface area (Å²) in [4.78, 5) is 25.6. The van der Waals surface area contributed by atoms with E-state index in [-0.39, 0.29) is 18.6 Å². The number of carbonyl (C=O) groups is 2. The van der Waals surface area contributed by atoms with Crippen molar-refractivity contribution in [1.29, 1.82) is 0 Å². The van der Waals surface area contributed by atoms with Gasteiger partial charge >= 0.3 is 0 Å². The fourth-order valence-electron chi connectivity index (χ4n) is 3.31. The zero-order valence-corrected chi connectivity index (χ0v) is 14.3. The van der Waals surface area contributed by atoms with Gasteiger partial charge in [-0.2, -0.15) is 0 Å². The van der Waals surface area contributed by atoms with Crippen molar-refractivity contribution in [2.24, 2.45) is 5.73 Å². The smallest absolute Gasteiger partial charge is 0.255 e. The second-order valence-electron chi connectivity index (χ2n) is 6.29. The lowest BCUT2D eigenvalue weighted by Crippen LogP contribution is -2.30. The van der Waals surface area contributed by atoms with Crippen LogP contribution in [0.4, 0.5) is 0 Å². The van der Waals surface area contributed by atoms with Gasteiger partial charge in [0.2, 0.25) is 0 Å². The molecule has 3 rings (SSSR count). The summed E-state index contributed by atoms with van der Waals surface area (Å²) >= 11 is 0. The number of primary amides is 1. The summed E-state index contributed by atoms with van der Waals surface area (Å²) < 4.78 is 5.23. The number of nitrogens with two attached hydrogens (primary N) is 1. The van der Waals surface area contributed by atoms with E-state index < -0.39 is 5.91 Å². The van der Waals surface area contributed by atoms with Crippen LogP contribution in [0.2, 0.25) is 0 Å². The third-order valence-electron chi connectivity index (χ3n) is 4.54. The molecule has 1 aliphatic heterocycles. The average Bonchev–Trinajstić information content (AvgIpc) is 3.09. The molecular weight excluding hydrogens is 316 g/mol. The van der Waals surface area contributed by atoms with E-state index in [0.29, 0.717) is 11.3 Å². The lowest BCUT2D eigenvalue weighted by molar-refractivity contribution is -0.119. The van der Waals surface area contributed by atoms with Gasteiger partial charge in [-0.3, -0.25) is 9.59 Å². The third-order valence-corrected chi connectivity index (χ3v) is 4.54. The first-order valence-corrected chi connectivity index (χ1v) is 8.44. The van der Waals surface area contributed by atoms with E-state index in [9.17, 15) is 9.59 Å². The molecule has 1 fully saturated rings. The topological polar surface area (TPSA) is 72.6 Å². The first-order chi connectivity index (χ1) is 12.1. The van der Waals surface area contributed by atoms with Crippen LogP contribution in [0.5, 0.6) is 5.75 Å². The summed E-state index contributed by atoms with van der Waals surface area (Å²) in [6, 6.07) is 15.2. The van der Waals surface area contributed by atoms with Crippen LogP contribution in [0.15, 0.2) is 48.5 Å². The maximum atomic E-state index is 12.9. The molecule has 1 aliphatic rings. The molecule has 0 aromatic heterocycles. The molecule has 0 saturated carbocycles. The Kier molecular flexibility index (Phi) is 5.03. The maximum Gasteiger partial charge on any atom is 0.255 e. The Bertz CT molecular complexity index is 771. The number of hydrogen-bond acceptors (Lipinski definition) is 3. The Morgan fingerprint density at radius 2 is 1.88 bits per heavy atom. The highest BCUT2D eigenvalue weighted by Gasteiger charge is 2.31. The quantitative estimate of drug-likeness (QED) is 0.911. The van der Waals surface area contributed by atoms with E-state index in [1.165, 1.54) is 11.1 Å². The molecule has 2 aromatic rings. The Labute approximate surface area is 147 Å². The predicted molar refractivity (Wildman–Crippen MR) is 95.3 cm³/mol. The van der Waals surface area contributed by atoms with Crippen molar-refractivity contribution in [2.45, 2.75) is 25.8 Å². The Morgan fingerprint density at radius 3 is 2.56 bits per heavy atom. The standard InChI is InChI=1S/C20H22N2O3/c1-14-5-2-3-6-17(14)18-7-4-12-22(18)20(24)15-8-10-16(11-9-15)25-13-19(21)23/h2-3,5-6,8-11,18H,4,7,12-13H2,1H3,(H2,21,23). The molecule has 5 nitrogen and oxygen atoms in total. The second-order valence-corrected chi connectivity index (χ2v) is 6.29. The number of rotatable bonds is 5. The van der Waals surface area contributed by atoms with Crippen LogP contribution in [-0.4, -0.2) is 29.9 Å². The van der Waals surface area contributed by atoms with Gasteiger partial charge in [0.15, 0.2) is 6.61 Å². The molecule has 0 bridgehead atoms. The number of carbonyl (C=O) groups excluding carboxylic acids is 2. The van der Waals surface area contributed by atoms with E-state index in [2.05, 4.69) is 19.1 Å². The van der Waals surface area contributed by atoms with Crippen LogP contribution in [-0.2, 0) is 4.79 Å². The van der Waals surface area contributed by atoms with Crippen LogP contribution in [0.1, 0.15) is 40.4 Å². The van der Waals surface area contributed by atoms with E-state index in [4.69, 9.17) is 10.5 Å². The van der Waals surface area contributed by atoms with Gasteiger partial charge in [0, 0.05) is 12.1 Å². The zero-order chi connectivity index (χ0) is 17.8. The summed E-state index contributed by atoms with van der Waals surface area (Å²) in [5.41, 5.74) is 8.10. The highest BCUT2D eigenvalue weighted by Crippen LogP contribution is 2.34. The molecule has 2 N–H and O–H groups in total. The molecule has 0 spiro atoms. The van der Waals surface area contributed by atoms with E-state index >= 15 is 0 Å². The molecule has 1 heterocycles. The predicted octanol–water partition coefficient (Wildman–Crippen LogP) is 2.84. The Hall–Kier alpha value is -2.82. The Balaban J connectivity index is 1.75. The molecule has 1 saturated heterocycles. The van der Waals surface area contributed by atoms with Crippen LogP contribution < -0.4 is 10.5 Å². The van der Waals surface area contributed by atoms with Crippen molar-refractivity contribution in [1.82, 2.24) is 4.90 Å². The van der Waals surface area contributed by atoms with Crippen LogP contribution >= 0.6 is 0 Å². The summed E-state index contributed by atoms with van der Waals surface area (Å²) in [5, 5.41) is 0. The van der Waals surface area contributed by atoms with E-state index in [0.717, 1.165) is 19.4 Å². The number of likely N-dealkylation sites (tertiary alicyclic amines) is 1. The van der Waals surface area contributed by atoms with Crippen molar-refractivity contribution < 1.29 is 14.3 Å². The fourth-order valence-corrected chi connectivity index (χ4v) is 3.31. The van der Waals surface area contributed by atoms with Crippen LogP contribution in [0, 0.1) is 6.92 Å². The van der Waals surface area contributed by atoms with Gasteiger partial charge in [-0.25, -0.2) is 0 Å². The lowest BCUT2D eigenvalue weighted by atomic mass is 9.99. The van der Waals surface area contributed by atoms with E-state index in [1.807, 2.05) is 17.0 Å². The number of benzene rings is 2. The molecule has 2 aromatic carbocycles. The van der Waals surface area contributed by atoms with Gasteiger partial charge < -0.3 is 15.4 Å². The minimum atomic E-state index is -0.529. The second kappa shape index (κ2) is 7.38. The molecule has 130 valence electrons. The molecular formula is C20H22N2O3. The van der Waals surface area contributed by atoms with Crippen LogP contribution in [0.3, 0.4) is 0 Å². The van der Waals surface area contributed by atoms with E-state index in [1.54, 1.807) is 24.3 Å². The van der Waals surface area contributed by atoms with Gasteiger partial charge in [0.25, 0.3) is 11.8 Å². The number of hydrogen-bond donors (Lipinski definition) is 1. The number of aryl methyl sites for hydroxylation is 1. The highest BCUT2D eigenvalue weighted by molar-refractivity contribution is 5.94. The summed E-state index contributed by atoms with van der Waals surface area (Å²) in [6.07, 6.45) is 1.99. The van der Waals surface area contributed by atoms with Gasteiger partial charge in [0.05, 0.1) is 6.04 Å². The summed E-state index contributed by atoms with van der Waals surface area (Å²) in [5.74, 6) is 0.0118. The van der Waals surface area contributed by atoms with Crippen molar-refractivity contribution in [2.75, 3.05) is 13.2 Å². The summed E-state index contributed by atoms with van der Waals surface area (Å²) in [6.45, 7) is 2.67. The molecule has 1 atom stereocenters. The van der Waals surface area contributed by atoms with Crippen molar-refractivity contribution in [3.05, 3.63) is 65.2 Å². The molecule has 0 aliphatic carbocycles. The van der Waals surface area contributed by atoms with Crippen molar-refractivity contribution >= 4 is 11.8 Å². The minimum Gasteiger partial charge on any atom is -0.484 e. The zero-order valence-electron chi connectivity index (χ0n) is 14.3. The molecule has 0 radical (unpaired) electrons. The monoisotopic (exact) mass is 338 g/mol. The van der Waals surface area contributed by atoms with Crippen molar-refractivity contribution in [3.63, 3.8) is 0 Å². The number of nitrogens with zero attached hydrogens (tertiary/aromatic N) is 1. The van der Waals surface area contributed by atoms with Gasteiger partial charge in [-0.15, -0.1) is 0 Å². The lowest BCUT2D eigenvalue weighted by Gasteiger charge is -2.26. The highest BCUT2D eigenvalue weighted by atomic mass is 16.5. The fraction of sp³-hybridized carbons (Fsp3) is 0.300. The minimum absolute atomic E-state index is 0.0206. The number of amides is 2. The number of ether oxygens (including phenoxy) is 1. The largest absolute Gasteiger partial charge is 0.484 e. The van der Waals surface area contributed by atoms with Gasteiger partial charge in [-0.05, 0) is 55.2 Å². The average molecular weight is 338 g/mol. The molecule has 1 unspecified atom stereocenters. The first kappa shape index (κ1) is 17.0. The Morgan fingerprint density at radius 1 is 1.16 bits per heavy atom. The van der Waals surface area contributed by atoms with Gasteiger partial charge in [-0.1, -0.05) is 24.3 Å². The van der Waals surface area contributed by atoms with Gasteiger partial charge in [0.1, 0.15) is 5.75 Å². The molecule has 5 heteroatoms. The maximum absolute atomic E-state index is 12.9. The summed E-state index contributed by atoms with van der Waals surface area (Å²) in [7, 11) is 0. The normalized spacial score (nSPS) is 16.7. The molecule has 2 amide bonds. The SMILES string of the molecule is Cc1ccccc1C1CCCN1C(=O)c1ccc(OCC(N)=O)cc1. The van der Waals surface area contributed by atoms with Crippen molar-refractivity contribution in [3.8, 4) is 5.75 Å². The van der Waals surface area contributed by atoms with Crippen LogP contribution in [0.25, 0.3) is 0 Å². The first-order valence-electron chi connectivity index (χ1n) is 8.44. The molecule has 25 heavy (non-hydrogen) atoms.